The second kappa shape index (κ2) is 3.94. The van der Waals surface area contributed by atoms with Gasteiger partial charge < -0.3 is 10.4 Å². The second-order valence-electron chi connectivity index (χ2n) is 3.91. The van der Waals surface area contributed by atoms with Crippen molar-refractivity contribution in [3.05, 3.63) is 29.3 Å². The number of carbonyl (C=O) groups is 1. The molecule has 17 heavy (non-hydrogen) atoms. The largest absolute Gasteiger partial charge is 0.480 e. The molecule has 0 amide bonds. The minimum Gasteiger partial charge on any atom is -0.480 e. The molecule has 2 rings (SSSR count). The lowest BCUT2D eigenvalue weighted by molar-refractivity contribution is -0.139. The van der Waals surface area contributed by atoms with Crippen LogP contribution in [-0.2, 0) is 17.4 Å². The molecular formula is C11H10F3NO2. The van der Waals surface area contributed by atoms with Gasteiger partial charge >= 0.3 is 12.1 Å². The maximum atomic E-state index is 12.7. The van der Waals surface area contributed by atoms with Crippen LogP contribution in [-0.4, -0.2) is 17.1 Å². The fourth-order valence-electron chi connectivity index (χ4n) is 1.95. The molecule has 1 unspecified atom stereocenters. The maximum absolute atomic E-state index is 12.7. The zero-order valence-corrected chi connectivity index (χ0v) is 8.71. The van der Waals surface area contributed by atoms with Gasteiger partial charge in [-0.05, 0) is 24.5 Å². The van der Waals surface area contributed by atoms with E-state index in [0.29, 0.717) is 18.4 Å². The molecule has 3 nitrogen and oxygen atoms in total. The van der Waals surface area contributed by atoms with Crippen LogP contribution in [0.2, 0.25) is 0 Å². The number of carboxylic acid groups (broad SMARTS) is 1. The quantitative estimate of drug-likeness (QED) is 0.799. The molecule has 0 radical (unpaired) electrons. The van der Waals surface area contributed by atoms with Crippen molar-refractivity contribution in [1.82, 2.24) is 0 Å². The van der Waals surface area contributed by atoms with Gasteiger partial charge in [0.2, 0.25) is 0 Å². The molecule has 92 valence electrons. The van der Waals surface area contributed by atoms with Gasteiger partial charge in [0.05, 0.1) is 11.3 Å². The van der Waals surface area contributed by atoms with Gasteiger partial charge in [-0.2, -0.15) is 13.2 Å². The van der Waals surface area contributed by atoms with Crippen molar-refractivity contribution in [2.45, 2.75) is 25.1 Å². The van der Waals surface area contributed by atoms with E-state index in [2.05, 4.69) is 5.32 Å². The number of para-hydroxylation sites is 1. The van der Waals surface area contributed by atoms with Crippen molar-refractivity contribution in [2.24, 2.45) is 0 Å². The van der Waals surface area contributed by atoms with Crippen molar-refractivity contribution in [3.63, 3.8) is 0 Å². The summed E-state index contributed by atoms with van der Waals surface area (Å²) in [5.74, 6) is -1.13. The van der Waals surface area contributed by atoms with Crippen LogP contribution in [0, 0.1) is 0 Å². The SMILES string of the molecule is O=C(O)C1CCc2cccc(C(F)(F)F)c2N1. The number of nitrogens with one attached hydrogen (secondary N) is 1. The van der Waals surface area contributed by atoms with E-state index in [4.69, 9.17) is 5.11 Å². The van der Waals surface area contributed by atoms with Gasteiger partial charge in [-0.1, -0.05) is 12.1 Å². The molecule has 0 bridgehead atoms. The normalized spacial score (nSPS) is 19.4. The van der Waals surface area contributed by atoms with Gasteiger partial charge in [0.1, 0.15) is 6.04 Å². The van der Waals surface area contributed by atoms with Gasteiger partial charge in [-0.25, -0.2) is 4.79 Å². The molecule has 0 saturated carbocycles. The minimum absolute atomic E-state index is 0.0985. The number of anilines is 1. The Kier molecular flexibility index (Phi) is 2.73. The van der Waals surface area contributed by atoms with E-state index < -0.39 is 23.8 Å². The number of carboxylic acids is 1. The van der Waals surface area contributed by atoms with Crippen LogP contribution in [0.15, 0.2) is 18.2 Å². The summed E-state index contributed by atoms with van der Waals surface area (Å²) in [6.45, 7) is 0. The van der Waals surface area contributed by atoms with E-state index in [1.54, 1.807) is 6.07 Å². The van der Waals surface area contributed by atoms with Crippen LogP contribution in [0.5, 0.6) is 0 Å². The van der Waals surface area contributed by atoms with Crippen molar-refractivity contribution in [2.75, 3.05) is 5.32 Å². The fourth-order valence-corrected chi connectivity index (χ4v) is 1.95. The van der Waals surface area contributed by atoms with Crippen LogP contribution < -0.4 is 5.32 Å². The first-order chi connectivity index (χ1) is 7.89. The van der Waals surface area contributed by atoms with Gasteiger partial charge in [0.15, 0.2) is 0 Å². The monoisotopic (exact) mass is 245 g/mol. The highest BCUT2D eigenvalue weighted by molar-refractivity contribution is 5.79. The molecule has 6 heteroatoms. The Hall–Kier alpha value is -1.72. The summed E-state index contributed by atoms with van der Waals surface area (Å²) >= 11 is 0. The molecule has 0 saturated heterocycles. The maximum Gasteiger partial charge on any atom is 0.418 e. The molecule has 1 heterocycles. The molecular weight excluding hydrogens is 235 g/mol. The summed E-state index contributed by atoms with van der Waals surface area (Å²) in [6.07, 6.45) is -3.84. The highest BCUT2D eigenvalue weighted by Crippen LogP contribution is 2.39. The van der Waals surface area contributed by atoms with Crippen LogP contribution >= 0.6 is 0 Å². The smallest absolute Gasteiger partial charge is 0.418 e. The molecule has 0 fully saturated rings. The molecule has 0 aromatic heterocycles. The molecule has 1 atom stereocenters. The Labute approximate surface area is 95.3 Å². The highest BCUT2D eigenvalue weighted by Gasteiger charge is 2.36. The van der Waals surface area contributed by atoms with Gasteiger partial charge in [0.25, 0.3) is 0 Å². The summed E-state index contributed by atoms with van der Waals surface area (Å²) in [6, 6.07) is 2.92. The summed E-state index contributed by atoms with van der Waals surface area (Å²) < 4.78 is 38.1. The first-order valence-electron chi connectivity index (χ1n) is 5.08. The Morgan fingerprint density at radius 1 is 1.41 bits per heavy atom. The number of aliphatic carboxylic acids is 1. The van der Waals surface area contributed by atoms with Crippen molar-refractivity contribution in [1.29, 1.82) is 0 Å². The Balaban J connectivity index is 2.43. The second-order valence-corrected chi connectivity index (χ2v) is 3.91. The van der Waals surface area contributed by atoms with E-state index in [1.165, 1.54) is 6.07 Å². The van der Waals surface area contributed by atoms with Crippen molar-refractivity contribution in [3.8, 4) is 0 Å². The van der Waals surface area contributed by atoms with E-state index in [9.17, 15) is 18.0 Å². The summed E-state index contributed by atoms with van der Waals surface area (Å²) in [7, 11) is 0. The van der Waals surface area contributed by atoms with E-state index in [1.807, 2.05) is 0 Å². The van der Waals surface area contributed by atoms with E-state index in [-0.39, 0.29) is 5.69 Å². The molecule has 1 aliphatic rings. The van der Waals surface area contributed by atoms with E-state index in [0.717, 1.165) is 6.07 Å². The Morgan fingerprint density at radius 3 is 2.71 bits per heavy atom. The average molecular weight is 245 g/mol. The highest BCUT2D eigenvalue weighted by atomic mass is 19.4. The van der Waals surface area contributed by atoms with Crippen molar-refractivity contribution >= 4 is 11.7 Å². The minimum atomic E-state index is -4.47. The van der Waals surface area contributed by atoms with Crippen molar-refractivity contribution < 1.29 is 23.1 Å². The first-order valence-corrected chi connectivity index (χ1v) is 5.08. The molecule has 1 aromatic carbocycles. The zero-order chi connectivity index (χ0) is 12.6. The number of halogens is 3. The number of hydrogen-bond acceptors (Lipinski definition) is 2. The summed E-state index contributed by atoms with van der Waals surface area (Å²) in [5.41, 5.74) is -0.392. The third-order valence-corrected chi connectivity index (χ3v) is 2.78. The topological polar surface area (TPSA) is 49.3 Å². The predicted octanol–water partition coefficient (Wildman–Crippen LogP) is 2.52. The number of fused-ring (bicyclic) bond motifs is 1. The fraction of sp³-hybridized carbons (Fsp3) is 0.364. The third-order valence-electron chi connectivity index (χ3n) is 2.78. The van der Waals surface area contributed by atoms with E-state index >= 15 is 0 Å². The number of alkyl halides is 3. The Bertz CT molecular complexity index is 457. The van der Waals surface area contributed by atoms with Crippen LogP contribution in [0.25, 0.3) is 0 Å². The molecule has 1 aromatic rings. The number of aryl methyl sites for hydroxylation is 1. The first kappa shape index (κ1) is 11.8. The zero-order valence-electron chi connectivity index (χ0n) is 8.71. The predicted molar refractivity (Wildman–Crippen MR) is 54.8 cm³/mol. The van der Waals surface area contributed by atoms with Crippen LogP contribution in [0.4, 0.5) is 18.9 Å². The number of benzene rings is 1. The summed E-state index contributed by atoms with van der Waals surface area (Å²) in [4.78, 5) is 10.8. The summed E-state index contributed by atoms with van der Waals surface area (Å²) in [5, 5.41) is 11.3. The van der Waals surface area contributed by atoms with Crippen LogP contribution in [0.1, 0.15) is 17.5 Å². The number of hydrogen-bond donors (Lipinski definition) is 2. The molecule has 0 spiro atoms. The third kappa shape index (κ3) is 2.20. The number of rotatable bonds is 1. The van der Waals surface area contributed by atoms with Gasteiger partial charge in [-0.3, -0.25) is 0 Å². The lowest BCUT2D eigenvalue weighted by Crippen LogP contribution is -2.34. The lowest BCUT2D eigenvalue weighted by Gasteiger charge is -2.26. The van der Waals surface area contributed by atoms with Gasteiger partial charge in [-0.15, -0.1) is 0 Å². The average Bonchev–Trinajstić information content (AvgIpc) is 2.26. The van der Waals surface area contributed by atoms with Crippen LogP contribution in [0.3, 0.4) is 0 Å². The molecule has 1 aliphatic heterocycles. The van der Waals surface area contributed by atoms with Gasteiger partial charge in [0, 0.05) is 0 Å². The lowest BCUT2D eigenvalue weighted by atomic mass is 9.95. The molecule has 0 aliphatic carbocycles. The molecule has 2 N–H and O–H groups in total. The Morgan fingerprint density at radius 2 is 2.12 bits per heavy atom. The standard InChI is InChI=1S/C11H10F3NO2/c12-11(13,14)7-3-1-2-6-4-5-8(10(16)17)15-9(6)7/h1-3,8,15H,4-5H2,(H,16,17).